The van der Waals surface area contributed by atoms with Crippen LogP contribution in [-0.2, 0) is 0 Å². The van der Waals surface area contributed by atoms with Crippen molar-refractivity contribution in [3.63, 3.8) is 0 Å². The third kappa shape index (κ3) is 5.20. The van der Waals surface area contributed by atoms with Crippen molar-refractivity contribution >= 4 is 23.2 Å². The monoisotopic (exact) mass is 376 g/mol. The average Bonchev–Trinajstić information content (AvgIpc) is 2.63. The van der Waals surface area contributed by atoms with E-state index in [1.807, 2.05) is 0 Å². The van der Waals surface area contributed by atoms with E-state index in [2.05, 4.69) is 6.92 Å². The minimum absolute atomic E-state index is 0.128. The lowest BCUT2D eigenvalue weighted by atomic mass is 9.86. The van der Waals surface area contributed by atoms with E-state index in [1.54, 1.807) is 18.2 Å². The molecule has 1 N–H and O–H groups in total. The number of halogens is 1. The molecule has 0 saturated heterocycles. The van der Waals surface area contributed by atoms with Crippen molar-refractivity contribution in [3.8, 4) is 0 Å². The summed E-state index contributed by atoms with van der Waals surface area (Å²) in [6.07, 6.45) is 12.4. The van der Waals surface area contributed by atoms with Gasteiger partial charge in [-0.05, 0) is 18.9 Å². The van der Waals surface area contributed by atoms with Crippen molar-refractivity contribution in [2.45, 2.75) is 77.6 Å². The number of allylic oxidation sites excluding steroid dienone is 2. The molecule has 0 amide bonds. The predicted molar refractivity (Wildman–Crippen MR) is 106 cm³/mol. The van der Waals surface area contributed by atoms with E-state index in [9.17, 15) is 14.7 Å². The van der Waals surface area contributed by atoms with Gasteiger partial charge in [0.25, 0.3) is 0 Å². The minimum atomic E-state index is -0.535. The fourth-order valence-corrected chi connectivity index (χ4v) is 3.75. The summed E-state index contributed by atoms with van der Waals surface area (Å²) in [5.41, 5.74) is 0.676. The number of rotatable bonds is 11. The summed E-state index contributed by atoms with van der Waals surface area (Å²) in [5, 5.41) is 10.4. The van der Waals surface area contributed by atoms with Gasteiger partial charge in [-0.3, -0.25) is 9.59 Å². The van der Waals surface area contributed by atoms with Crippen LogP contribution in [0.2, 0.25) is 5.02 Å². The SMILES string of the molecule is CCCCCCCCCCCCC1=C(O)C(=O)c2c(Cl)cccc2C1=O. The number of unbranched alkanes of at least 4 members (excludes halogenated alkanes) is 9. The van der Waals surface area contributed by atoms with Gasteiger partial charge in [-0.25, -0.2) is 0 Å². The van der Waals surface area contributed by atoms with Crippen molar-refractivity contribution in [1.29, 1.82) is 0 Å². The van der Waals surface area contributed by atoms with Gasteiger partial charge in [0, 0.05) is 11.1 Å². The number of fused-ring (bicyclic) bond motifs is 1. The molecular formula is C22H29ClO3. The van der Waals surface area contributed by atoms with Crippen LogP contribution in [0, 0.1) is 0 Å². The first-order valence-corrected chi connectivity index (χ1v) is 10.3. The molecule has 0 fully saturated rings. The lowest BCUT2D eigenvalue weighted by Crippen LogP contribution is -2.22. The van der Waals surface area contributed by atoms with Gasteiger partial charge < -0.3 is 5.11 Å². The van der Waals surface area contributed by atoms with Gasteiger partial charge in [-0.2, -0.15) is 0 Å². The fourth-order valence-electron chi connectivity index (χ4n) is 3.49. The smallest absolute Gasteiger partial charge is 0.229 e. The summed E-state index contributed by atoms with van der Waals surface area (Å²) in [5.74, 6) is -1.23. The molecule has 3 nitrogen and oxygen atoms in total. The number of ketones is 2. The standard InChI is InChI=1S/C22H29ClO3/c1-2-3-4-5-6-7-8-9-10-11-13-17-20(24)16-14-12-15-18(23)19(16)22(26)21(17)25/h12,14-15,25H,2-11,13H2,1H3. The predicted octanol–water partition coefficient (Wildman–Crippen LogP) is 6.84. The van der Waals surface area contributed by atoms with Gasteiger partial charge >= 0.3 is 0 Å². The number of benzene rings is 1. The molecule has 0 aliphatic heterocycles. The van der Waals surface area contributed by atoms with Gasteiger partial charge in [0.1, 0.15) is 0 Å². The molecule has 1 aromatic rings. The number of hydrogen-bond donors (Lipinski definition) is 1. The molecule has 1 aliphatic carbocycles. The van der Waals surface area contributed by atoms with Gasteiger partial charge in [0.15, 0.2) is 11.5 Å². The van der Waals surface area contributed by atoms with Crippen LogP contribution < -0.4 is 0 Å². The van der Waals surface area contributed by atoms with Gasteiger partial charge in [-0.1, -0.05) is 88.4 Å². The summed E-state index contributed by atoms with van der Waals surface area (Å²) < 4.78 is 0. The Kier molecular flexibility index (Phi) is 8.37. The van der Waals surface area contributed by atoms with Crippen LogP contribution in [0.4, 0.5) is 0 Å². The molecule has 0 heterocycles. The van der Waals surface area contributed by atoms with Gasteiger partial charge in [0.05, 0.1) is 10.6 Å². The topological polar surface area (TPSA) is 54.4 Å². The van der Waals surface area contributed by atoms with Crippen molar-refractivity contribution in [2.75, 3.05) is 0 Å². The van der Waals surface area contributed by atoms with E-state index in [-0.39, 0.29) is 21.9 Å². The highest BCUT2D eigenvalue weighted by atomic mass is 35.5. The van der Waals surface area contributed by atoms with Crippen molar-refractivity contribution < 1.29 is 14.7 Å². The van der Waals surface area contributed by atoms with Crippen LogP contribution in [-0.4, -0.2) is 16.7 Å². The molecule has 2 rings (SSSR count). The molecule has 0 bridgehead atoms. The maximum Gasteiger partial charge on any atom is 0.229 e. The Hall–Kier alpha value is -1.61. The fraction of sp³-hybridized carbons (Fsp3) is 0.545. The van der Waals surface area contributed by atoms with E-state index in [0.29, 0.717) is 12.0 Å². The van der Waals surface area contributed by atoms with Crippen LogP contribution in [0.1, 0.15) is 98.3 Å². The third-order valence-electron chi connectivity index (χ3n) is 5.04. The quantitative estimate of drug-likeness (QED) is 0.430. The molecule has 4 heteroatoms. The number of carbonyl (C=O) groups excluding carboxylic acids is 2. The molecule has 0 unspecified atom stereocenters. The summed E-state index contributed by atoms with van der Waals surface area (Å²) in [7, 11) is 0. The zero-order valence-corrected chi connectivity index (χ0v) is 16.4. The first-order valence-electron chi connectivity index (χ1n) is 9.88. The van der Waals surface area contributed by atoms with Crippen LogP contribution in [0.15, 0.2) is 29.5 Å². The molecule has 26 heavy (non-hydrogen) atoms. The Labute approximate surface area is 161 Å². The lowest BCUT2D eigenvalue weighted by Gasteiger charge is -2.18. The Balaban J connectivity index is 1.77. The second-order valence-corrected chi connectivity index (χ2v) is 7.49. The minimum Gasteiger partial charge on any atom is -0.504 e. The number of aliphatic hydroxyl groups is 1. The molecule has 142 valence electrons. The third-order valence-corrected chi connectivity index (χ3v) is 5.36. The molecule has 0 saturated carbocycles. The van der Waals surface area contributed by atoms with Crippen LogP contribution in [0.5, 0.6) is 0 Å². The van der Waals surface area contributed by atoms with Crippen molar-refractivity contribution in [2.24, 2.45) is 0 Å². The van der Waals surface area contributed by atoms with Gasteiger partial charge in [0.2, 0.25) is 5.78 Å². The summed E-state index contributed by atoms with van der Waals surface area (Å²) >= 11 is 6.02. The first-order chi connectivity index (χ1) is 12.6. The van der Waals surface area contributed by atoms with E-state index >= 15 is 0 Å². The summed E-state index contributed by atoms with van der Waals surface area (Å²) in [6, 6.07) is 4.82. The highest BCUT2D eigenvalue weighted by Crippen LogP contribution is 2.32. The average molecular weight is 377 g/mol. The van der Waals surface area contributed by atoms with E-state index in [4.69, 9.17) is 11.6 Å². The number of aliphatic hydroxyl groups excluding tert-OH is 1. The summed E-state index contributed by atoms with van der Waals surface area (Å²) in [4.78, 5) is 24.9. The molecule has 1 aromatic carbocycles. The Bertz CT molecular complexity index is 676. The summed E-state index contributed by atoms with van der Waals surface area (Å²) in [6.45, 7) is 2.23. The second-order valence-electron chi connectivity index (χ2n) is 7.08. The molecule has 0 atom stereocenters. The van der Waals surface area contributed by atoms with Crippen LogP contribution in [0.25, 0.3) is 0 Å². The number of hydrogen-bond acceptors (Lipinski definition) is 3. The largest absolute Gasteiger partial charge is 0.504 e. The van der Waals surface area contributed by atoms with Crippen LogP contribution in [0.3, 0.4) is 0 Å². The Morgan fingerprint density at radius 3 is 2.04 bits per heavy atom. The van der Waals surface area contributed by atoms with E-state index < -0.39 is 11.5 Å². The Morgan fingerprint density at radius 1 is 0.846 bits per heavy atom. The molecule has 0 radical (unpaired) electrons. The molecular weight excluding hydrogens is 348 g/mol. The maximum absolute atomic E-state index is 12.6. The number of carbonyl (C=O) groups is 2. The van der Waals surface area contributed by atoms with E-state index in [0.717, 1.165) is 19.3 Å². The van der Waals surface area contributed by atoms with Crippen LogP contribution >= 0.6 is 11.6 Å². The van der Waals surface area contributed by atoms with Gasteiger partial charge in [-0.15, -0.1) is 0 Å². The number of Topliss-reactive ketones (excluding diaryl/α,β-unsaturated/α-hetero) is 2. The van der Waals surface area contributed by atoms with E-state index in [1.165, 1.54) is 44.9 Å². The second kappa shape index (κ2) is 10.5. The highest BCUT2D eigenvalue weighted by Gasteiger charge is 2.33. The molecule has 0 spiro atoms. The Morgan fingerprint density at radius 2 is 1.42 bits per heavy atom. The first kappa shape index (κ1) is 20.7. The molecule has 1 aliphatic rings. The zero-order valence-electron chi connectivity index (χ0n) is 15.7. The lowest BCUT2D eigenvalue weighted by molar-refractivity contribution is 0.0926. The maximum atomic E-state index is 12.6. The van der Waals surface area contributed by atoms with Crippen molar-refractivity contribution in [3.05, 3.63) is 45.7 Å². The molecule has 0 aromatic heterocycles. The zero-order chi connectivity index (χ0) is 18.9. The normalized spacial score (nSPS) is 14.1. The highest BCUT2D eigenvalue weighted by molar-refractivity contribution is 6.38. The van der Waals surface area contributed by atoms with Crippen molar-refractivity contribution in [1.82, 2.24) is 0 Å².